The van der Waals surface area contributed by atoms with Crippen molar-refractivity contribution < 1.29 is 4.79 Å². The molecular formula is C17H21N3O. The first-order valence-corrected chi connectivity index (χ1v) is 7.66. The Bertz CT molecular complexity index is 591. The van der Waals surface area contributed by atoms with Crippen LogP contribution in [0, 0.1) is 0 Å². The van der Waals surface area contributed by atoms with Gasteiger partial charge in [-0.1, -0.05) is 30.3 Å². The summed E-state index contributed by atoms with van der Waals surface area (Å²) in [5.74, 6) is 0.262. The highest BCUT2D eigenvalue weighted by Crippen LogP contribution is 2.13. The lowest BCUT2D eigenvalue weighted by molar-refractivity contribution is -0.131. The minimum Gasteiger partial charge on any atom is -0.348 e. The van der Waals surface area contributed by atoms with E-state index in [4.69, 9.17) is 0 Å². The molecule has 1 aliphatic rings. The lowest BCUT2D eigenvalue weighted by Crippen LogP contribution is -2.35. The largest absolute Gasteiger partial charge is 0.348 e. The molecule has 1 amide bonds. The number of carbonyl (C=O) groups excluding carboxylic acids is 1. The third-order valence-electron chi connectivity index (χ3n) is 4.10. The van der Waals surface area contributed by atoms with E-state index in [1.807, 2.05) is 23.1 Å². The fraction of sp³-hybridized carbons (Fsp3) is 0.412. The topological polar surface area (TPSA) is 49.0 Å². The van der Waals surface area contributed by atoms with E-state index in [1.165, 1.54) is 11.3 Å². The minimum atomic E-state index is 0.262. The SMILES string of the molecule is O=C(CCc1ccccc1)N1CCCc2[nH]cnc2CC1. The summed E-state index contributed by atoms with van der Waals surface area (Å²) in [4.78, 5) is 21.9. The number of nitrogens with zero attached hydrogens (tertiary/aromatic N) is 2. The Balaban J connectivity index is 1.55. The molecule has 2 heterocycles. The van der Waals surface area contributed by atoms with Gasteiger partial charge < -0.3 is 9.88 Å². The lowest BCUT2D eigenvalue weighted by Gasteiger charge is -2.24. The van der Waals surface area contributed by atoms with Crippen molar-refractivity contribution in [3.05, 3.63) is 53.6 Å². The fourth-order valence-electron chi connectivity index (χ4n) is 2.88. The number of H-pyrrole nitrogens is 1. The van der Waals surface area contributed by atoms with Crippen molar-refractivity contribution in [2.75, 3.05) is 13.1 Å². The number of aryl methyl sites for hydroxylation is 2. The van der Waals surface area contributed by atoms with Crippen molar-refractivity contribution in [3.8, 4) is 0 Å². The highest BCUT2D eigenvalue weighted by atomic mass is 16.2. The lowest BCUT2D eigenvalue weighted by atomic mass is 10.1. The number of hydrogen-bond donors (Lipinski definition) is 1. The zero-order valence-electron chi connectivity index (χ0n) is 12.2. The zero-order chi connectivity index (χ0) is 14.5. The van der Waals surface area contributed by atoms with Crippen molar-refractivity contribution in [2.45, 2.75) is 32.1 Å². The van der Waals surface area contributed by atoms with Gasteiger partial charge in [0.2, 0.25) is 5.91 Å². The van der Waals surface area contributed by atoms with Gasteiger partial charge >= 0.3 is 0 Å². The van der Waals surface area contributed by atoms with Crippen LogP contribution in [0.2, 0.25) is 0 Å². The van der Waals surface area contributed by atoms with Crippen LogP contribution in [-0.2, 0) is 24.1 Å². The summed E-state index contributed by atoms with van der Waals surface area (Å²) in [5.41, 5.74) is 3.59. The molecule has 1 N–H and O–H groups in total. The number of carbonyl (C=O) groups is 1. The highest BCUT2D eigenvalue weighted by molar-refractivity contribution is 5.76. The average molecular weight is 283 g/mol. The molecule has 1 aromatic heterocycles. The van der Waals surface area contributed by atoms with Gasteiger partial charge in [0.25, 0.3) is 0 Å². The first-order valence-electron chi connectivity index (χ1n) is 7.66. The second-order valence-electron chi connectivity index (χ2n) is 5.55. The van der Waals surface area contributed by atoms with Gasteiger partial charge in [-0.2, -0.15) is 0 Å². The molecule has 3 rings (SSSR count). The first kappa shape index (κ1) is 13.9. The third kappa shape index (κ3) is 3.51. The van der Waals surface area contributed by atoms with Crippen molar-refractivity contribution in [3.63, 3.8) is 0 Å². The first-order chi connectivity index (χ1) is 10.3. The van der Waals surface area contributed by atoms with Crippen LogP contribution in [0.1, 0.15) is 29.8 Å². The molecule has 4 nitrogen and oxygen atoms in total. The van der Waals surface area contributed by atoms with Gasteiger partial charge in [-0.05, 0) is 24.8 Å². The van der Waals surface area contributed by atoms with Gasteiger partial charge in [-0.25, -0.2) is 4.98 Å². The second-order valence-corrected chi connectivity index (χ2v) is 5.55. The quantitative estimate of drug-likeness (QED) is 0.940. The van der Waals surface area contributed by atoms with Gasteiger partial charge in [-0.15, -0.1) is 0 Å². The molecule has 21 heavy (non-hydrogen) atoms. The second kappa shape index (κ2) is 6.57. The Morgan fingerprint density at radius 2 is 2.05 bits per heavy atom. The van der Waals surface area contributed by atoms with Crippen LogP contribution in [0.25, 0.3) is 0 Å². The fourth-order valence-corrected chi connectivity index (χ4v) is 2.88. The maximum absolute atomic E-state index is 12.4. The van der Waals surface area contributed by atoms with Gasteiger partial charge in [0.05, 0.1) is 12.0 Å². The zero-order valence-corrected chi connectivity index (χ0v) is 12.2. The Morgan fingerprint density at radius 1 is 1.19 bits per heavy atom. The van der Waals surface area contributed by atoms with Crippen LogP contribution in [0.4, 0.5) is 0 Å². The van der Waals surface area contributed by atoms with E-state index in [-0.39, 0.29) is 5.91 Å². The summed E-state index contributed by atoms with van der Waals surface area (Å²) in [5, 5.41) is 0. The number of benzene rings is 1. The molecular weight excluding hydrogens is 262 g/mol. The van der Waals surface area contributed by atoms with Gasteiger partial charge in [0, 0.05) is 31.6 Å². The normalized spacial score (nSPS) is 15.1. The molecule has 0 bridgehead atoms. The van der Waals surface area contributed by atoms with Gasteiger partial charge in [0.1, 0.15) is 0 Å². The molecule has 0 unspecified atom stereocenters. The van der Waals surface area contributed by atoms with Crippen LogP contribution < -0.4 is 0 Å². The minimum absolute atomic E-state index is 0.262. The van der Waals surface area contributed by atoms with E-state index < -0.39 is 0 Å². The molecule has 0 saturated carbocycles. The number of hydrogen-bond acceptors (Lipinski definition) is 2. The monoisotopic (exact) mass is 283 g/mol. The molecule has 0 aliphatic carbocycles. The summed E-state index contributed by atoms with van der Waals surface area (Å²) in [6.07, 6.45) is 6.03. The molecule has 1 aromatic carbocycles. The Labute approximate surface area is 125 Å². The third-order valence-corrected chi connectivity index (χ3v) is 4.10. The molecule has 4 heteroatoms. The molecule has 0 fully saturated rings. The number of aromatic nitrogens is 2. The van der Waals surface area contributed by atoms with E-state index in [2.05, 4.69) is 22.1 Å². The van der Waals surface area contributed by atoms with Gasteiger partial charge in [-0.3, -0.25) is 4.79 Å². The standard InChI is InChI=1S/C17H21N3O/c21-17(9-8-14-5-2-1-3-6-14)20-11-4-7-15-16(10-12-20)19-13-18-15/h1-3,5-6,13H,4,7-12H2,(H,18,19). The number of fused-ring (bicyclic) bond motifs is 1. The molecule has 0 radical (unpaired) electrons. The Morgan fingerprint density at radius 3 is 2.90 bits per heavy atom. The summed E-state index contributed by atoms with van der Waals surface area (Å²) in [6, 6.07) is 10.2. The molecule has 0 saturated heterocycles. The number of aromatic amines is 1. The summed E-state index contributed by atoms with van der Waals surface area (Å²) in [6.45, 7) is 1.64. The van der Waals surface area contributed by atoms with Gasteiger partial charge in [0.15, 0.2) is 0 Å². The Hall–Kier alpha value is -2.10. The van der Waals surface area contributed by atoms with Crippen LogP contribution in [-0.4, -0.2) is 33.9 Å². The van der Waals surface area contributed by atoms with E-state index in [0.717, 1.165) is 44.5 Å². The predicted molar refractivity (Wildman–Crippen MR) is 82.0 cm³/mol. The van der Waals surface area contributed by atoms with Crippen LogP contribution >= 0.6 is 0 Å². The van der Waals surface area contributed by atoms with E-state index in [1.54, 1.807) is 6.33 Å². The van der Waals surface area contributed by atoms with E-state index >= 15 is 0 Å². The highest BCUT2D eigenvalue weighted by Gasteiger charge is 2.17. The molecule has 0 atom stereocenters. The maximum Gasteiger partial charge on any atom is 0.222 e. The molecule has 1 aliphatic heterocycles. The van der Waals surface area contributed by atoms with E-state index in [0.29, 0.717) is 6.42 Å². The number of imidazole rings is 1. The van der Waals surface area contributed by atoms with Crippen molar-refractivity contribution in [2.24, 2.45) is 0 Å². The van der Waals surface area contributed by atoms with Crippen LogP contribution in [0.3, 0.4) is 0 Å². The summed E-state index contributed by atoms with van der Waals surface area (Å²) in [7, 11) is 0. The maximum atomic E-state index is 12.4. The number of nitrogens with one attached hydrogen (secondary N) is 1. The molecule has 0 spiro atoms. The van der Waals surface area contributed by atoms with Crippen LogP contribution in [0.15, 0.2) is 36.7 Å². The molecule has 110 valence electrons. The Kier molecular flexibility index (Phi) is 4.34. The predicted octanol–water partition coefficient (Wildman–Crippen LogP) is 2.36. The summed E-state index contributed by atoms with van der Waals surface area (Å²) < 4.78 is 0. The average Bonchev–Trinajstić information content (AvgIpc) is 2.92. The smallest absolute Gasteiger partial charge is 0.222 e. The van der Waals surface area contributed by atoms with E-state index in [9.17, 15) is 4.79 Å². The van der Waals surface area contributed by atoms with Crippen LogP contribution in [0.5, 0.6) is 0 Å². The number of rotatable bonds is 3. The number of amides is 1. The van der Waals surface area contributed by atoms with Crippen molar-refractivity contribution >= 4 is 5.91 Å². The van der Waals surface area contributed by atoms with Crippen molar-refractivity contribution in [1.29, 1.82) is 0 Å². The summed E-state index contributed by atoms with van der Waals surface area (Å²) >= 11 is 0. The van der Waals surface area contributed by atoms with Crippen molar-refractivity contribution in [1.82, 2.24) is 14.9 Å². The molecule has 2 aromatic rings.